The summed E-state index contributed by atoms with van der Waals surface area (Å²) in [5.41, 5.74) is 0.925. The van der Waals surface area contributed by atoms with Crippen LogP contribution in [0.5, 0.6) is 0 Å². The van der Waals surface area contributed by atoms with E-state index >= 15 is 0 Å². The summed E-state index contributed by atoms with van der Waals surface area (Å²) in [5, 5.41) is 3.32. The summed E-state index contributed by atoms with van der Waals surface area (Å²) in [7, 11) is 0. The zero-order chi connectivity index (χ0) is 14.0. The predicted molar refractivity (Wildman–Crippen MR) is 81.5 cm³/mol. The Morgan fingerprint density at radius 3 is 3.00 bits per heavy atom. The molecule has 0 amide bonds. The Morgan fingerprint density at radius 2 is 2.32 bits per heavy atom. The monoisotopic (exact) mass is 345 g/mol. The highest BCUT2D eigenvalue weighted by Crippen LogP contribution is 2.37. The lowest BCUT2D eigenvalue weighted by atomic mass is 9.94. The molecule has 0 spiro atoms. The molecule has 0 radical (unpaired) electrons. The fourth-order valence-electron chi connectivity index (χ4n) is 2.32. The zero-order valence-electron chi connectivity index (χ0n) is 11.6. The minimum absolute atomic E-state index is 0.186. The lowest BCUT2D eigenvalue weighted by molar-refractivity contribution is -0.153. The number of thiophene rings is 1. The van der Waals surface area contributed by atoms with E-state index in [9.17, 15) is 4.79 Å². The number of fused-ring (bicyclic) bond motifs is 1. The van der Waals surface area contributed by atoms with Crippen LogP contribution < -0.4 is 5.32 Å². The van der Waals surface area contributed by atoms with Gasteiger partial charge >= 0.3 is 5.97 Å². The summed E-state index contributed by atoms with van der Waals surface area (Å²) in [6, 6.07) is 2.45. The molecule has 106 valence electrons. The van der Waals surface area contributed by atoms with Crippen molar-refractivity contribution in [2.45, 2.75) is 51.7 Å². The van der Waals surface area contributed by atoms with Crippen LogP contribution in [0.2, 0.25) is 0 Å². The van der Waals surface area contributed by atoms with Crippen molar-refractivity contribution in [1.29, 1.82) is 0 Å². The van der Waals surface area contributed by atoms with Gasteiger partial charge in [-0.15, -0.1) is 11.3 Å². The number of carbonyl (C=O) groups is 1. The first kappa shape index (κ1) is 15.0. The Bertz CT molecular complexity index is 465. The molecule has 3 nitrogen and oxygen atoms in total. The number of ether oxygens (including phenoxy) is 1. The van der Waals surface area contributed by atoms with Gasteiger partial charge in [-0.05, 0) is 67.6 Å². The van der Waals surface area contributed by atoms with Gasteiger partial charge in [0, 0.05) is 10.9 Å². The number of carbonyl (C=O) groups excluding carboxylic acids is 1. The van der Waals surface area contributed by atoms with E-state index in [2.05, 4.69) is 27.3 Å². The number of hydrogen-bond acceptors (Lipinski definition) is 4. The first-order valence-electron chi connectivity index (χ1n) is 6.58. The van der Waals surface area contributed by atoms with Gasteiger partial charge in [-0.1, -0.05) is 0 Å². The molecule has 0 aliphatic heterocycles. The minimum Gasteiger partial charge on any atom is -0.459 e. The number of halogens is 1. The Hall–Kier alpha value is -0.390. The number of hydrogen-bond donors (Lipinski definition) is 1. The smallest absolute Gasteiger partial charge is 0.320 e. The van der Waals surface area contributed by atoms with Crippen molar-refractivity contribution in [3.05, 3.63) is 20.3 Å². The van der Waals surface area contributed by atoms with Crippen LogP contribution in [-0.2, 0) is 16.0 Å². The maximum atomic E-state index is 11.7. The summed E-state index contributed by atoms with van der Waals surface area (Å²) < 4.78 is 6.48. The normalized spacial score (nSPS) is 19.1. The van der Waals surface area contributed by atoms with Crippen LogP contribution in [0.15, 0.2) is 9.85 Å². The number of nitrogens with one attached hydrogen (secondary N) is 1. The summed E-state index contributed by atoms with van der Waals surface area (Å²) in [6.07, 6.45) is 3.40. The third-order valence-corrected chi connectivity index (χ3v) is 4.71. The molecule has 0 saturated heterocycles. The van der Waals surface area contributed by atoms with Gasteiger partial charge < -0.3 is 4.74 Å². The number of aryl methyl sites for hydroxylation is 1. The average molecular weight is 346 g/mol. The lowest BCUT2D eigenvalue weighted by Gasteiger charge is -2.25. The number of rotatable bonds is 3. The van der Waals surface area contributed by atoms with Gasteiger partial charge in [-0.2, -0.15) is 0 Å². The molecule has 0 fully saturated rings. The van der Waals surface area contributed by atoms with Gasteiger partial charge in [0.25, 0.3) is 0 Å². The van der Waals surface area contributed by atoms with Crippen LogP contribution in [0.25, 0.3) is 0 Å². The van der Waals surface area contributed by atoms with Gasteiger partial charge in [0.15, 0.2) is 0 Å². The molecule has 1 aromatic heterocycles. The van der Waals surface area contributed by atoms with E-state index in [1.807, 2.05) is 20.8 Å². The van der Waals surface area contributed by atoms with Crippen molar-refractivity contribution in [2.24, 2.45) is 0 Å². The van der Waals surface area contributed by atoms with E-state index in [4.69, 9.17) is 4.74 Å². The molecule has 1 aliphatic rings. The molecular formula is C14H20BrNO2S. The highest BCUT2D eigenvalue weighted by Gasteiger charge is 2.24. The largest absolute Gasteiger partial charge is 0.459 e. The second kappa shape index (κ2) is 5.94. The van der Waals surface area contributed by atoms with Crippen LogP contribution in [0.4, 0.5) is 0 Å². The Morgan fingerprint density at radius 1 is 1.58 bits per heavy atom. The Kier molecular flexibility index (Phi) is 4.69. The molecular weight excluding hydrogens is 326 g/mol. The van der Waals surface area contributed by atoms with E-state index in [0.717, 1.165) is 12.8 Å². The third kappa shape index (κ3) is 4.29. The number of esters is 1. The van der Waals surface area contributed by atoms with Gasteiger partial charge in [-0.25, -0.2) is 0 Å². The summed E-state index contributed by atoms with van der Waals surface area (Å²) in [4.78, 5) is 13.2. The quantitative estimate of drug-likeness (QED) is 0.846. The molecule has 19 heavy (non-hydrogen) atoms. The van der Waals surface area contributed by atoms with Gasteiger partial charge in [0.2, 0.25) is 0 Å². The maximum absolute atomic E-state index is 11.7. The van der Waals surface area contributed by atoms with E-state index in [1.54, 1.807) is 11.3 Å². The molecule has 0 bridgehead atoms. The van der Waals surface area contributed by atoms with Crippen molar-refractivity contribution in [3.8, 4) is 0 Å². The van der Waals surface area contributed by atoms with Crippen molar-refractivity contribution in [2.75, 3.05) is 6.54 Å². The highest BCUT2D eigenvalue weighted by atomic mass is 79.9. The first-order valence-corrected chi connectivity index (χ1v) is 8.19. The molecule has 1 aromatic rings. The van der Waals surface area contributed by atoms with E-state index in [-0.39, 0.29) is 18.6 Å². The van der Waals surface area contributed by atoms with Crippen LogP contribution in [-0.4, -0.2) is 18.1 Å². The molecule has 0 saturated carbocycles. The molecule has 1 unspecified atom stereocenters. The van der Waals surface area contributed by atoms with Crippen LogP contribution in [0.3, 0.4) is 0 Å². The Labute approximate surface area is 126 Å². The molecule has 1 aliphatic carbocycles. The third-order valence-electron chi connectivity index (χ3n) is 3.00. The maximum Gasteiger partial charge on any atom is 0.320 e. The lowest BCUT2D eigenvalue weighted by Crippen LogP contribution is -2.34. The Balaban J connectivity index is 1.92. The predicted octanol–water partition coefficient (Wildman–Crippen LogP) is 3.82. The molecule has 2 rings (SSSR count). The summed E-state index contributed by atoms with van der Waals surface area (Å²) >= 11 is 5.34. The SMILES string of the molecule is CC(C)(C)OC(=O)CNC1CCCc2sc(Br)cc21. The average Bonchev–Trinajstić information content (AvgIpc) is 2.64. The fraction of sp³-hybridized carbons (Fsp3) is 0.643. The molecule has 5 heteroatoms. The molecule has 1 heterocycles. The van der Waals surface area contributed by atoms with Crippen LogP contribution in [0.1, 0.15) is 50.1 Å². The molecule has 1 atom stereocenters. The molecule has 0 aromatic carbocycles. The van der Waals surface area contributed by atoms with Crippen molar-refractivity contribution < 1.29 is 9.53 Å². The second-order valence-electron chi connectivity index (χ2n) is 5.84. The minimum atomic E-state index is -0.415. The summed E-state index contributed by atoms with van der Waals surface area (Å²) in [6.45, 7) is 5.94. The van der Waals surface area contributed by atoms with Gasteiger partial charge in [0.1, 0.15) is 5.60 Å². The second-order valence-corrected chi connectivity index (χ2v) is 8.36. The molecule has 1 N–H and O–H groups in total. The van der Waals surface area contributed by atoms with Crippen LogP contribution >= 0.6 is 27.3 Å². The van der Waals surface area contributed by atoms with Crippen molar-refractivity contribution >= 4 is 33.2 Å². The zero-order valence-corrected chi connectivity index (χ0v) is 14.0. The highest BCUT2D eigenvalue weighted by molar-refractivity contribution is 9.11. The van der Waals surface area contributed by atoms with Crippen molar-refractivity contribution in [1.82, 2.24) is 5.32 Å². The topological polar surface area (TPSA) is 38.3 Å². The van der Waals surface area contributed by atoms with E-state index < -0.39 is 5.60 Å². The fourth-order valence-corrected chi connectivity index (χ4v) is 4.14. The van der Waals surface area contributed by atoms with Crippen molar-refractivity contribution in [3.63, 3.8) is 0 Å². The van der Waals surface area contributed by atoms with Crippen LogP contribution in [0, 0.1) is 0 Å². The standard InChI is InChI=1S/C14H20BrNO2S/c1-14(2,3)18-13(17)8-16-10-5-4-6-11-9(10)7-12(15)19-11/h7,10,16H,4-6,8H2,1-3H3. The van der Waals surface area contributed by atoms with E-state index in [1.165, 1.54) is 20.6 Å². The first-order chi connectivity index (χ1) is 8.85. The van der Waals surface area contributed by atoms with Gasteiger partial charge in [-0.3, -0.25) is 10.1 Å². The van der Waals surface area contributed by atoms with Gasteiger partial charge in [0.05, 0.1) is 10.3 Å². The van der Waals surface area contributed by atoms with E-state index in [0.29, 0.717) is 0 Å². The summed E-state index contributed by atoms with van der Waals surface area (Å²) in [5.74, 6) is -0.186.